The lowest BCUT2D eigenvalue weighted by molar-refractivity contribution is -0.138. The molecule has 1 unspecified atom stereocenters. The number of nitrogens with one attached hydrogen (secondary N) is 1. The minimum Gasteiger partial charge on any atom is -0.342 e. The first-order chi connectivity index (χ1) is 17.9. The highest BCUT2D eigenvalue weighted by Gasteiger charge is 2.44. The van der Waals surface area contributed by atoms with Crippen LogP contribution >= 0.6 is 0 Å². The zero-order valence-electron chi connectivity index (χ0n) is 21.5. The quantitative estimate of drug-likeness (QED) is 0.542. The Labute approximate surface area is 217 Å². The number of anilines is 1. The molecule has 7 nitrogen and oxygen atoms in total. The smallest absolute Gasteiger partial charge is 0.255 e. The lowest BCUT2D eigenvalue weighted by Crippen LogP contribution is -2.42. The highest BCUT2D eigenvalue weighted by atomic mass is 16.2. The first-order valence-corrected chi connectivity index (χ1v) is 13.5. The molecule has 2 aliphatic carbocycles. The minimum absolute atomic E-state index is 0.258. The number of likely N-dealkylation sites (tertiary alicyclic amines) is 1. The predicted molar refractivity (Wildman–Crippen MR) is 142 cm³/mol. The van der Waals surface area contributed by atoms with E-state index in [1.807, 2.05) is 14.0 Å². The Morgan fingerprint density at radius 2 is 1.95 bits per heavy atom. The lowest BCUT2D eigenvalue weighted by atomic mass is 9.85. The van der Waals surface area contributed by atoms with Gasteiger partial charge in [0, 0.05) is 43.2 Å². The highest BCUT2D eigenvalue weighted by Crippen LogP contribution is 2.49. The second-order valence-corrected chi connectivity index (χ2v) is 11.2. The van der Waals surface area contributed by atoms with Gasteiger partial charge in [-0.15, -0.1) is 0 Å². The molecule has 3 fully saturated rings. The van der Waals surface area contributed by atoms with Crippen LogP contribution < -0.4 is 5.32 Å². The molecular formula is C30H33N5O2. The number of carbonyl (C=O) groups excluding carboxylic acids is 2. The second-order valence-electron chi connectivity index (χ2n) is 11.2. The molecule has 2 amide bonds. The number of aromatic nitrogens is 2. The van der Waals surface area contributed by atoms with Gasteiger partial charge < -0.3 is 14.8 Å². The van der Waals surface area contributed by atoms with E-state index >= 15 is 0 Å². The Morgan fingerprint density at radius 1 is 1.14 bits per heavy atom. The normalized spacial score (nSPS) is 23.4. The summed E-state index contributed by atoms with van der Waals surface area (Å²) >= 11 is 0. The largest absolute Gasteiger partial charge is 0.342 e. The zero-order chi connectivity index (χ0) is 25.7. The van der Waals surface area contributed by atoms with Gasteiger partial charge in [-0.05, 0) is 86.1 Å². The molecule has 1 aromatic carbocycles. The number of benzene rings is 1. The Kier molecular flexibility index (Phi) is 5.98. The Morgan fingerprint density at radius 3 is 2.65 bits per heavy atom. The van der Waals surface area contributed by atoms with Crippen LogP contribution in [0.1, 0.15) is 71.5 Å². The molecule has 0 radical (unpaired) electrons. The summed E-state index contributed by atoms with van der Waals surface area (Å²) in [6.45, 7) is 3.65. The molecule has 6 rings (SSSR count). The maximum Gasteiger partial charge on any atom is 0.255 e. The third-order valence-corrected chi connectivity index (χ3v) is 9.08. The van der Waals surface area contributed by atoms with Gasteiger partial charge in [0.05, 0.1) is 23.5 Å². The molecule has 37 heavy (non-hydrogen) atoms. The van der Waals surface area contributed by atoms with E-state index in [1.54, 1.807) is 30.5 Å². The van der Waals surface area contributed by atoms with Crippen LogP contribution in [0.25, 0.3) is 11.0 Å². The van der Waals surface area contributed by atoms with Gasteiger partial charge >= 0.3 is 0 Å². The third-order valence-electron chi connectivity index (χ3n) is 9.08. The summed E-state index contributed by atoms with van der Waals surface area (Å²) in [6.07, 6.45) is 10.7. The minimum atomic E-state index is -0.258. The zero-order valence-corrected chi connectivity index (χ0v) is 21.5. The number of amides is 2. The fourth-order valence-electron chi connectivity index (χ4n) is 7.09. The summed E-state index contributed by atoms with van der Waals surface area (Å²) in [5.74, 6) is 2.16. The first kappa shape index (κ1) is 23.7. The number of carbonyl (C=O) groups is 2. The fraction of sp³-hybridized carbons (Fsp3) is 0.467. The molecule has 3 aliphatic rings. The van der Waals surface area contributed by atoms with E-state index in [1.165, 1.54) is 24.8 Å². The standard InChI is InChI=1S/C30H33N5O2/c1-18-26(33-29(36)23-5-3-4-20(13-23)15-31)16-32-28-27(18)25(17-34(28)2)21-8-10-35(11-9-21)30(37)24-14-19-6-7-22(24)12-19/h3-5,13,16-17,19,21-22,24H,6-12,14H2,1-2H3,(H,33,36)/t19-,22?,24-/m1/s1. The van der Waals surface area contributed by atoms with Crippen LogP contribution in [-0.4, -0.2) is 39.4 Å². The van der Waals surface area contributed by atoms with Gasteiger partial charge in [-0.25, -0.2) is 4.98 Å². The van der Waals surface area contributed by atoms with Gasteiger partial charge in [-0.1, -0.05) is 12.5 Å². The van der Waals surface area contributed by atoms with Crippen LogP contribution in [0.5, 0.6) is 0 Å². The van der Waals surface area contributed by atoms with Crippen LogP contribution in [0.3, 0.4) is 0 Å². The average molecular weight is 496 g/mol. The van der Waals surface area contributed by atoms with Crippen LogP contribution in [0.4, 0.5) is 5.69 Å². The molecule has 3 aromatic rings. The molecule has 2 bridgehead atoms. The van der Waals surface area contributed by atoms with Crippen molar-refractivity contribution < 1.29 is 9.59 Å². The van der Waals surface area contributed by atoms with Crippen molar-refractivity contribution in [3.63, 3.8) is 0 Å². The molecule has 3 heterocycles. The average Bonchev–Trinajstić information content (AvgIpc) is 3.65. The van der Waals surface area contributed by atoms with Gasteiger partial charge in [0.2, 0.25) is 5.91 Å². The van der Waals surface area contributed by atoms with Crippen LogP contribution in [0.2, 0.25) is 0 Å². The van der Waals surface area contributed by atoms with E-state index in [4.69, 9.17) is 5.26 Å². The summed E-state index contributed by atoms with van der Waals surface area (Å²) in [6, 6.07) is 8.78. The molecule has 2 aromatic heterocycles. The number of nitrogens with zero attached hydrogens (tertiary/aromatic N) is 4. The summed E-state index contributed by atoms with van der Waals surface area (Å²) in [4.78, 5) is 33.0. The Hall–Kier alpha value is -3.66. The van der Waals surface area contributed by atoms with E-state index in [2.05, 4.69) is 32.0 Å². The van der Waals surface area contributed by atoms with E-state index in [0.29, 0.717) is 34.6 Å². The fourth-order valence-corrected chi connectivity index (χ4v) is 7.09. The molecule has 0 spiro atoms. The second kappa shape index (κ2) is 9.33. The number of nitriles is 1. The summed E-state index contributed by atoms with van der Waals surface area (Å²) in [7, 11) is 2.01. The van der Waals surface area contributed by atoms with Gasteiger partial charge in [0.25, 0.3) is 5.91 Å². The number of hydrogen-bond donors (Lipinski definition) is 1. The van der Waals surface area contributed by atoms with E-state index in [0.717, 1.165) is 54.9 Å². The molecule has 3 atom stereocenters. The molecular weight excluding hydrogens is 462 g/mol. The highest BCUT2D eigenvalue weighted by molar-refractivity contribution is 6.06. The number of hydrogen-bond acceptors (Lipinski definition) is 4. The van der Waals surface area contributed by atoms with Crippen molar-refractivity contribution >= 4 is 28.5 Å². The third kappa shape index (κ3) is 4.19. The molecule has 2 saturated carbocycles. The van der Waals surface area contributed by atoms with Crippen molar-refractivity contribution in [2.75, 3.05) is 18.4 Å². The SMILES string of the molecule is Cc1c(NC(=O)c2cccc(C#N)c2)cnc2c1c(C1CCN(C(=O)[C@@H]3C[C@@H]4CCC3C4)CC1)cn2C. The van der Waals surface area contributed by atoms with Crippen molar-refractivity contribution in [2.24, 2.45) is 24.8 Å². The predicted octanol–water partition coefficient (Wildman–Crippen LogP) is 5.15. The maximum absolute atomic E-state index is 13.3. The maximum atomic E-state index is 13.3. The van der Waals surface area contributed by atoms with Gasteiger partial charge in [0.15, 0.2) is 0 Å². The number of piperidine rings is 1. The Bertz CT molecular complexity index is 1430. The summed E-state index contributed by atoms with van der Waals surface area (Å²) < 4.78 is 2.06. The molecule has 7 heteroatoms. The van der Waals surface area contributed by atoms with E-state index in [9.17, 15) is 9.59 Å². The van der Waals surface area contributed by atoms with E-state index in [-0.39, 0.29) is 11.8 Å². The molecule has 1 N–H and O–H groups in total. The van der Waals surface area contributed by atoms with Crippen LogP contribution in [0, 0.1) is 36.0 Å². The first-order valence-electron chi connectivity index (χ1n) is 13.5. The van der Waals surface area contributed by atoms with Crippen molar-refractivity contribution in [3.8, 4) is 6.07 Å². The van der Waals surface area contributed by atoms with Crippen LogP contribution in [-0.2, 0) is 11.8 Å². The number of aryl methyl sites for hydroxylation is 2. The van der Waals surface area contributed by atoms with Crippen molar-refractivity contribution in [2.45, 2.75) is 51.4 Å². The monoisotopic (exact) mass is 495 g/mol. The lowest BCUT2D eigenvalue weighted by Gasteiger charge is -2.35. The number of fused-ring (bicyclic) bond motifs is 3. The molecule has 190 valence electrons. The number of rotatable bonds is 4. The van der Waals surface area contributed by atoms with Gasteiger partial charge in [-0.2, -0.15) is 5.26 Å². The van der Waals surface area contributed by atoms with Crippen molar-refractivity contribution in [1.29, 1.82) is 5.26 Å². The van der Waals surface area contributed by atoms with Crippen molar-refractivity contribution in [3.05, 3.63) is 58.9 Å². The molecule has 1 saturated heterocycles. The van der Waals surface area contributed by atoms with Gasteiger partial charge in [0.1, 0.15) is 5.65 Å². The molecule has 1 aliphatic heterocycles. The number of pyridine rings is 1. The summed E-state index contributed by atoms with van der Waals surface area (Å²) in [5, 5.41) is 13.3. The summed E-state index contributed by atoms with van der Waals surface area (Å²) in [5.41, 5.74) is 4.71. The Balaban J connectivity index is 1.21. The van der Waals surface area contributed by atoms with Gasteiger partial charge in [-0.3, -0.25) is 9.59 Å². The van der Waals surface area contributed by atoms with E-state index < -0.39 is 0 Å². The van der Waals surface area contributed by atoms with Crippen molar-refractivity contribution in [1.82, 2.24) is 14.5 Å². The topological polar surface area (TPSA) is 91.0 Å². The van der Waals surface area contributed by atoms with Crippen LogP contribution in [0.15, 0.2) is 36.7 Å².